The largest absolute Gasteiger partial charge is 0.393 e. The van der Waals surface area contributed by atoms with E-state index in [4.69, 9.17) is 29.6 Å². The molecule has 0 bridgehead atoms. The molecule has 0 saturated carbocycles. The molecule has 0 fully saturated rings. The lowest BCUT2D eigenvalue weighted by Gasteiger charge is -2.23. The third-order valence-electron chi connectivity index (χ3n) is 2.30. The average molecular weight is 313 g/mol. The van der Waals surface area contributed by atoms with Crippen molar-refractivity contribution in [2.75, 3.05) is 7.05 Å². The molecule has 1 rings (SSSR count). The number of hydrogen-bond acceptors (Lipinski definition) is 4. The maximum Gasteiger partial charge on any atom is 0.252 e. The van der Waals surface area contributed by atoms with Crippen molar-refractivity contribution in [2.24, 2.45) is 5.73 Å². The lowest BCUT2D eigenvalue weighted by molar-refractivity contribution is 0.398. The average Bonchev–Trinajstić information content (AvgIpc) is 2.63. The van der Waals surface area contributed by atoms with Crippen LogP contribution in [0.2, 0.25) is 4.34 Å². The van der Waals surface area contributed by atoms with Crippen LogP contribution in [-0.2, 0) is 10.0 Å². The number of nitrogens with zero attached hydrogens (tertiary/aromatic N) is 1. The minimum Gasteiger partial charge on any atom is -0.393 e. The van der Waals surface area contributed by atoms with Crippen molar-refractivity contribution >= 4 is 50.2 Å². The number of hydrogen-bond donors (Lipinski definition) is 1. The van der Waals surface area contributed by atoms with Gasteiger partial charge in [-0.2, -0.15) is 4.31 Å². The van der Waals surface area contributed by atoms with Gasteiger partial charge in [0.25, 0.3) is 10.0 Å². The van der Waals surface area contributed by atoms with Crippen molar-refractivity contribution in [1.29, 1.82) is 0 Å². The monoisotopic (exact) mass is 312 g/mol. The summed E-state index contributed by atoms with van der Waals surface area (Å²) in [5.74, 6) is 0. The van der Waals surface area contributed by atoms with E-state index >= 15 is 0 Å². The highest BCUT2D eigenvalue weighted by Gasteiger charge is 2.27. The van der Waals surface area contributed by atoms with Gasteiger partial charge in [-0.3, -0.25) is 0 Å². The van der Waals surface area contributed by atoms with E-state index in [0.29, 0.717) is 15.7 Å². The Kier molecular flexibility index (Phi) is 4.91. The fraction of sp³-hybridized carbons (Fsp3) is 0.444. The molecule has 1 atom stereocenters. The zero-order valence-electron chi connectivity index (χ0n) is 9.38. The van der Waals surface area contributed by atoms with Crippen LogP contribution in [0.5, 0.6) is 0 Å². The summed E-state index contributed by atoms with van der Waals surface area (Å²) in [5.41, 5.74) is 5.41. The van der Waals surface area contributed by atoms with Crippen LogP contribution in [0.15, 0.2) is 16.3 Å². The molecule has 0 aliphatic heterocycles. The lowest BCUT2D eigenvalue weighted by atomic mass is 10.2. The molecule has 4 nitrogen and oxygen atoms in total. The molecule has 1 aromatic rings. The van der Waals surface area contributed by atoms with E-state index in [-0.39, 0.29) is 10.3 Å². The van der Waals surface area contributed by atoms with E-state index in [1.165, 1.54) is 17.4 Å². The van der Waals surface area contributed by atoms with Crippen molar-refractivity contribution in [2.45, 2.75) is 23.6 Å². The number of halogens is 1. The molecule has 0 spiro atoms. The summed E-state index contributed by atoms with van der Waals surface area (Å²) in [6.45, 7) is 1.76. The van der Waals surface area contributed by atoms with E-state index < -0.39 is 10.0 Å². The Bertz CT molecular complexity index is 512. The van der Waals surface area contributed by atoms with Gasteiger partial charge in [-0.25, -0.2) is 8.42 Å². The van der Waals surface area contributed by atoms with Crippen LogP contribution in [0, 0.1) is 0 Å². The molecular weight excluding hydrogens is 300 g/mol. The predicted molar refractivity (Wildman–Crippen MR) is 75.1 cm³/mol. The standard InChI is InChI=1S/C9H13ClN2O2S3/c1-6(5-8(11)15)12(2)17(13,14)9-4-3-7(10)16-9/h3-4,6H,5H2,1-2H3,(H2,11,15). The summed E-state index contributed by atoms with van der Waals surface area (Å²) >= 11 is 11.5. The van der Waals surface area contributed by atoms with Crippen molar-refractivity contribution in [3.63, 3.8) is 0 Å². The Morgan fingerprint density at radius 1 is 1.65 bits per heavy atom. The van der Waals surface area contributed by atoms with Crippen molar-refractivity contribution in [3.05, 3.63) is 16.5 Å². The van der Waals surface area contributed by atoms with Crippen LogP contribution in [0.4, 0.5) is 0 Å². The molecule has 1 heterocycles. The quantitative estimate of drug-likeness (QED) is 0.846. The molecule has 1 aromatic heterocycles. The fourth-order valence-corrected chi connectivity index (χ4v) is 4.51. The third-order valence-corrected chi connectivity index (χ3v) is 6.14. The van der Waals surface area contributed by atoms with Crippen molar-refractivity contribution in [1.82, 2.24) is 4.31 Å². The van der Waals surface area contributed by atoms with Gasteiger partial charge < -0.3 is 5.73 Å². The SMILES string of the molecule is CC(CC(N)=S)N(C)S(=O)(=O)c1ccc(Cl)s1. The summed E-state index contributed by atoms with van der Waals surface area (Å²) < 4.78 is 26.2. The van der Waals surface area contributed by atoms with E-state index in [1.807, 2.05) is 0 Å². The second kappa shape index (κ2) is 5.62. The van der Waals surface area contributed by atoms with Gasteiger partial charge >= 0.3 is 0 Å². The molecule has 0 radical (unpaired) electrons. The Balaban J connectivity index is 2.94. The van der Waals surface area contributed by atoms with Crippen LogP contribution in [0.25, 0.3) is 0 Å². The van der Waals surface area contributed by atoms with Gasteiger partial charge in [0.15, 0.2) is 0 Å². The molecule has 0 aliphatic rings. The molecule has 17 heavy (non-hydrogen) atoms. The van der Waals surface area contributed by atoms with Gasteiger partial charge in [0.2, 0.25) is 0 Å². The molecule has 2 N–H and O–H groups in total. The van der Waals surface area contributed by atoms with Crippen molar-refractivity contribution in [3.8, 4) is 0 Å². The summed E-state index contributed by atoms with van der Waals surface area (Å²) in [6.07, 6.45) is 0.351. The molecule has 1 unspecified atom stereocenters. The Morgan fingerprint density at radius 3 is 2.65 bits per heavy atom. The van der Waals surface area contributed by atoms with Gasteiger partial charge in [0, 0.05) is 19.5 Å². The smallest absolute Gasteiger partial charge is 0.252 e. The van der Waals surface area contributed by atoms with Crippen LogP contribution >= 0.6 is 35.2 Å². The zero-order chi connectivity index (χ0) is 13.2. The molecule has 0 aromatic carbocycles. The Morgan fingerprint density at radius 2 is 2.24 bits per heavy atom. The minimum atomic E-state index is -3.51. The first kappa shape index (κ1) is 14.8. The number of sulfonamides is 1. The minimum absolute atomic E-state index is 0.222. The second-order valence-electron chi connectivity index (χ2n) is 3.60. The summed E-state index contributed by atoms with van der Waals surface area (Å²) in [4.78, 5) is 0.295. The molecular formula is C9H13ClN2O2S3. The fourth-order valence-electron chi connectivity index (χ4n) is 1.23. The number of nitrogens with two attached hydrogens (primary N) is 1. The number of thiocarbonyl (C=S) groups is 1. The van der Waals surface area contributed by atoms with Crippen molar-refractivity contribution < 1.29 is 8.42 Å². The molecule has 8 heteroatoms. The maximum atomic E-state index is 12.2. The highest BCUT2D eigenvalue weighted by Crippen LogP contribution is 2.28. The summed E-state index contributed by atoms with van der Waals surface area (Å²) in [7, 11) is -2.00. The number of rotatable bonds is 5. The Labute approximate surface area is 115 Å². The Hall–Kier alpha value is -0.210. The molecule has 0 amide bonds. The van der Waals surface area contributed by atoms with E-state index in [1.54, 1.807) is 13.0 Å². The normalized spacial score (nSPS) is 13.9. The second-order valence-corrected chi connectivity index (χ2v) is 8.06. The summed E-state index contributed by atoms with van der Waals surface area (Å²) in [6, 6.07) is 2.77. The lowest BCUT2D eigenvalue weighted by Crippen LogP contribution is -2.37. The highest BCUT2D eigenvalue weighted by molar-refractivity contribution is 7.91. The predicted octanol–water partition coefficient (Wildman–Crippen LogP) is 2.09. The first-order valence-electron chi connectivity index (χ1n) is 4.77. The van der Waals surface area contributed by atoms with Crippen LogP contribution in [0.1, 0.15) is 13.3 Å². The van der Waals surface area contributed by atoms with Gasteiger partial charge in [0.05, 0.1) is 9.32 Å². The van der Waals surface area contributed by atoms with Gasteiger partial charge in [-0.05, 0) is 19.1 Å². The molecule has 0 saturated heterocycles. The highest BCUT2D eigenvalue weighted by atomic mass is 35.5. The first-order valence-corrected chi connectivity index (χ1v) is 7.81. The van der Waals surface area contributed by atoms with Crippen LogP contribution < -0.4 is 5.73 Å². The first-order chi connectivity index (χ1) is 7.75. The van der Waals surface area contributed by atoms with E-state index in [0.717, 1.165) is 11.3 Å². The van der Waals surface area contributed by atoms with Gasteiger partial charge in [-0.15, -0.1) is 11.3 Å². The van der Waals surface area contributed by atoms with E-state index in [9.17, 15) is 8.42 Å². The third kappa shape index (κ3) is 3.62. The molecule has 0 aliphatic carbocycles. The van der Waals surface area contributed by atoms with Crippen LogP contribution in [-0.4, -0.2) is 30.8 Å². The van der Waals surface area contributed by atoms with Gasteiger partial charge in [0.1, 0.15) is 4.21 Å². The number of thiophene rings is 1. The zero-order valence-corrected chi connectivity index (χ0v) is 12.6. The maximum absolute atomic E-state index is 12.2. The summed E-state index contributed by atoms with van der Waals surface area (Å²) in [5, 5.41) is 0. The molecule has 96 valence electrons. The van der Waals surface area contributed by atoms with Crippen LogP contribution in [0.3, 0.4) is 0 Å². The van der Waals surface area contributed by atoms with Gasteiger partial charge in [-0.1, -0.05) is 23.8 Å². The topological polar surface area (TPSA) is 63.4 Å². The van der Waals surface area contributed by atoms with E-state index in [2.05, 4.69) is 0 Å².